The van der Waals surface area contributed by atoms with Gasteiger partial charge in [0.05, 0.1) is 17.2 Å². The van der Waals surface area contributed by atoms with Crippen molar-refractivity contribution in [1.29, 1.82) is 0 Å². The molecular formula is C23H23NO4. The van der Waals surface area contributed by atoms with Crippen LogP contribution in [-0.2, 0) is 4.79 Å². The zero-order chi connectivity index (χ0) is 19.9. The molecule has 28 heavy (non-hydrogen) atoms. The van der Waals surface area contributed by atoms with Crippen LogP contribution in [0.3, 0.4) is 0 Å². The summed E-state index contributed by atoms with van der Waals surface area (Å²) in [6, 6.07) is 15.8. The van der Waals surface area contributed by atoms with Gasteiger partial charge in [-0.15, -0.1) is 0 Å². The maximum Gasteiger partial charge on any atom is 0.262 e. The molecule has 0 unspecified atom stereocenters. The Kier molecular flexibility index (Phi) is 6.37. The quantitative estimate of drug-likeness (QED) is 0.489. The van der Waals surface area contributed by atoms with Gasteiger partial charge in [0.15, 0.2) is 5.78 Å². The molecule has 0 saturated heterocycles. The van der Waals surface area contributed by atoms with Crippen molar-refractivity contribution in [1.82, 2.24) is 4.90 Å². The maximum absolute atomic E-state index is 12.6. The molecule has 0 aliphatic carbocycles. The minimum absolute atomic E-state index is 0.00211. The third-order valence-electron chi connectivity index (χ3n) is 4.67. The summed E-state index contributed by atoms with van der Waals surface area (Å²) in [5.74, 6) is 0.152. The summed E-state index contributed by atoms with van der Waals surface area (Å²) < 4.78 is 5.44. The Labute approximate surface area is 164 Å². The van der Waals surface area contributed by atoms with E-state index in [1.807, 2.05) is 37.3 Å². The third kappa shape index (κ3) is 4.36. The number of carbonyl (C=O) groups is 3. The van der Waals surface area contributed by atoms with Crippen LogP contribution in [0.4, 0.5) is 0 Å². The lowest BCUT2D eigenvalue weighted by Crippen LogP contribution is -2.38. The van der Waals surface area contributed by atoms with Crippen LogP contribution < -0.4 is 4.74 Å². The highest BCUT2D eigenvalue weighted by atomic mass is 16.5. The lowest BCUT2D eigenvalue weighted by Gasteiger charge is -2.22. The van der Waals surface area contributed by atoms with Crippen molar-refractivity contribution in [2.45, 2.75) is 32.2 Å². The second-order valence-electron chi connectivity index (χ2n) is 6.61. The summed E-state index contributed by atoms with van der Waals surface area (Å²) in [5, 5.41) is 0. The molecule has 1 heterocycles. The van der Waals surface area contributed by atoms with Gasteiger partial charge in [0.1, 0.15) is 12.4 Å². The number of imide groups is 1. The maximum atomic E-state index is 12.6. The average molecular weight is 377 g/mol. The summed E-state index contributed by atoms with van der Waals surface area (Å²) in [4.78, 5) is 38.4. The van der Waals surface area contributed by atoms with E-state index in [1.54, 1.807) is 36.4 Å². The van der Waals surface area contributed by atoms with E-state index in [4.69, 9.17) is 4.74 Å². The normalized spacial score (nSPS) is 14.4. The van der Waals surface area contributed by atoms with Gasteiger partial charge >= 0.3 is 0 Å². The van der Waals surface area contributed by atoms with Crippen molar-refractivity contribution in [3.05, 3.63) is 77.9 Å². The first-order valence-electron chi connectivity index (χ1n) is 9.45. The number of para-hydroxylation sites is 1. The number of hydrogen-bond acceptors (Lipinski definition) is 4. The Morgan fingerprint density at radius 1 is 1.00 bits per heavy atom. The number of rotatable bonds is 9. The van der Waals surface area contributed by atoms with Gasteiger partial charge in [-0.25, -0.2) is 0 Å². The summed E-state index contributed by atoms with van der Waals surface area (Å²) in [6.45, 7) is 1.96. The van der Waals surface area contributed by atoms with Crippen LogP contribution in [-0.4, -0.2) is 35.1 Å². The minimum atomic E-state index is -0.317. The smallest absolute Gasteiger partial charge is 0.262 e. The van der Waals surface area contributed by atoms with Crippen LogP contribution in [0.1, 0.15) is 46.9 Å². The Morgan fingerprint density at radius 2 is 1.61 bits per heavy atom. The zero-order valence-corrected chi connectivity index (χ0v) is 15.8. The summed E-state index contributed by atoms with van der Waals surface area (Å²) in [7, 11) is 0. The zero-order valence-electron chi connectivity index (χ0n) is 15.8. The van der Waals surface area contributed by atoms with Gasteiger partial charge in [0.2, 0.25) is 0 Å². The molecule has 1 aliphatic heterocycles. The average Bonchev–Trinajstić information content (AvgIpc) is 2.98. The molecule has 1 atom stereocenters. The van der Waals surface area contributed by atoms with E-state index in [9.17, 15) is 14.4 Å². The van der Waals surface area contributed by atoms with Crippen molar-refractivity contribution in [3.8, 4) is 5.75 Å². The predicted molar refractivity (Wildman–Crippen MR) is 106 cm³/mol. The van der Waals surface area contributed by atoms with E-state index in [-0.39, 0.29) is 30.2 Å². The van der Waals surface area contributed by atoms with Gasteiger partial charge in [-0.2, -0.15) is 0 Å². The molecule has 1 aliphatic rings. The largest absolute Gasteiger partial charge is 0.486 e. The number of nitrogens with zero attached hydrogens (tertiary/aromatic N) is 1. The molecule has 0 radical (unpaired) electrons. The lowest BCUT2D eigenvalue weighted by molar-refractivity contribution is -0.120. The first kappa shape index (κ1) is 19.5. The number of allylic oxidation sites excluding steroid dienone is 1. The van der Waals surface area contributed by atoms with E-state index in [1.165, 1.54) is 4.90 Å². The van der Waals surface area contributed by atoms with Crippen molar-refractivity contribution in [2.75, 3.05) is 6.61 Å². The molecule has 5 heteroatoms. The highest BCUT2D eigenvalue weighted by Gasteiger charge is 2.38. The Hall–Kier alpha value is -3.21. The van der Waals surface area contributed by atoms with Crippen molar-refractivity contribution in [3.63, 3.8) is 0 Å². The molecule has 0 aromatic heterocycles. The number of amides is 2. The standard InChI is InChI=1S/C23H23NO4/c1-2-17(24-22(26)20-14-8-9-15-21(20)23(24)27)10-6-7-11-18(25)16-28-19-12-4-3-5-13-19/h3-6,8-10,12-15,17H,2,7,11,16H2,1H3/b10-6-/t17-/m0/s1. The van der Waals surface area contributed by atoms with Crippen LogP contribution in [0, 0.1) is 0 Å². The Balaban J connectivity index is 1.51. The number of benzene rings is 2. The van der Waals surface area contributed by atoms with Gasteiger partial charge in [-0.3, -0.25) is 19.3 Å². The van der Waals surface area contributed by atoms with Crippen molar-refractivity contribution < 1.29 is 19.1 Å². The predicted octanol–water partition coefficient (Wildman–Crippen LogP) is 4.05. The SMILES string of the molecule is CC[C@@H](/C=C\CCC(=O)COc1ccccc1)N1C(=O)c2ccccc2C1=O. The molecular weight excluding hydrogens is 354 g/mol. The molecule has 2 aromatic carbocycles. The number of ether oxygens (including phenoxy) is 1. The highest BCUT2D eigenvalue weighted by molar-refractivity contribution is 6.21. The first-order valence-corrected chi connectivity index (χ1v) is 9.45. The van der Waals surface area contributed by atoms with Crippen LogP contribution in [0.2, 0.25) is 0 Å². The minimum Gasteiger partial charge on any atom is -0.486 e. The van der Waals surface area contributed by atoms with E-state index < -0.39 is 0 Å². The molecule has 0 spiro atoms. The van der Waals surface area contributed by atoms with Crippen LogP contribution in [0.25, 0.3) is 0 Å². The van der Waals surface area contributed by atoms with E-state index in [2.05, 4.69) is 0 Å². The fourth-order valence-electron chi connectivity index (χ4n) is 3.16. The number of Topliss-reactive ketones (excluding diaryl/α,β-unsaturated/α-hetero) is 1. The first-order chi connectivity index (χ1) is 13.6. The second-order valence-corrected chi connectivity index (χ2v) is 6.61. The summed E-state index contributed by atoms with van der Waals surface area (Å²) in [6.07, 6.45) is 5.21. The van der Waals surface area contributed by atoms with Gasteiger partial charge < -0.3 is 4.74 Å². The van der Waals surface area contributed by atoms with E-state index in [0.717, 1.165) is 0 Å². The summed E-state index contributed by atoms with van der Waals surface area (Å²) >= 11 is 0. The number of carbonyl (C=O) groups excluding carboxylic acids is 3. The second kappa shape index (κ2) is 9.13. The van der Waals surface area contributed by atoms with Crippen molar-refractivity contribution in [2.24, 2.45) is 0 Å². The van der Waals surface area contributed by atoms with Gasteiger partial charge in [0, 0.05) is 6.42 Å². The van der Waals surface area contributed by atoms with Crippen LogP contribution >= 0.6 is 0 Å². The number of ketones is 1. The monoisotopic (exact) mass is 377 g/mol. The van der Waals surface area contributed by atoms with Gasteiger partial charge in [0.25, 0.3) is 11.8 Å². The Bertz CT molecular complexity index is 853. The molecule has 3 rings (SSSR count). The van der Waals surface area contributed by atoms with E-state index >= 15 is 0 Å². The molecule has 0 bridgehead atoms. The molecule has 5 nitrogen and oxygen atoms in total. The summed E-state index contributed by atoms with van der Waals surface area (Å²) in [5.41, 5.74) is 0.903. The molecule has 0 N–H and O–H groups in total. The lowest BCUT2D eigenvalue weighted by atomic mass is 10.1. The molecule has 2 aromatic rings. The van der Waals surface area contributed by atoms with Gasteiger partial charge in [-0.05, 0) is 37.1 Å². The molecule has 0 saturated carbocycles. The Morgan fingerprint density at radius 3 is 2.21 bits per heavy atom. The fourth-order valence-corrected chi connectivity index (χ4v) is 3.16. The molecule has 2 amide bonds. The topological polar surface area (TPSA) is 63.7 Å². The van der Waals surface area contributed by atoms with Gasteiger partial charge in [-0.1, -0.05) is 49.4 Å². The fraction of sp³-hybridized carbons (Fsp3) is 0.261. The third-order valence-corrected chi connectivity index (χ3v) is 4.67. The number of fused-ring (bicyclic) bond motifs is 1. The molecule has 0 fully saturated rings. The highest BCUT2D eigenvalue weighted by Crippen LogP contribution is 2.26. The molecule has 144 valence electrons. The van der Waals surface area contributed by atoms with Crippen LogP contribution in [0.15, 0.2) is 66.7 Å². The van der Waals surface area contributed by atoms with Crippen LogP contribution in [0.5, 0.6) is 5.75 Å². The van der Waals surface area contributed by atoms with E-state index in [0.29, 0.717) is 36.1 Å². The number of hydrogen-bond donors (Lipinski definition) is 0. The van der Waals surface area contributed by atoms with Crippen molar-refractivity contribution >= 4 is 17.6 Å².